The molecule has 0 saturated carbocycles. The number of carbonyl (C=O) groups excluding carboxylic acids is 1. The van der Waals surface area contributed by atoms with Gasteiger partial charge in [0.05, 0.1) is 19.2 Å². The minimum Gasteiger partial charge on any atom is -0.495 e. The highest BCUT2D eigenvalue weighted by molar-refractivity contribution is 7.15. The summed E-state index contributed by atoms with van der Waals surface area (Å²) in [6.45, 7) is 2.84. The van der Waals surface area contributed by atoms with Gasteiger partial charge in [-0.2, -0.15) is 0 Å². The van der Waals surface area contributed by atoms with Crippen molar-refractivity contribution in [3.8, 4) is 16.3 Å². The van der Waals surface area contributed by atoms with Crippen molar-refractivity contribution in [2.24, 2.45) is 0 Å². The van der Waals surface area contributed by atoms with Gasteiger partial charge in [0.25, 0.3) is 0 Å². The maximum Gasteiger partial charge on any atom is 0.228 e. The zero-order valence-corrected chi connectivity index (χ0v) is 17.0. The van der Waals surface area contributed by atoms with Gasteiger partial charge in [0.1, 0.15) is 16.6 Å². The number of thiazole rings is 1. The number of aromatic nitrogens is 1. The zero-order valence-electron chi connectivity index (χ0n) is 16.2. The second-order valence-electron chi connectivity index (χ2n) is 6.83. The van der Waals surface area contributed by atoms with E-state index in [1.807, 2.05) is 29.2 Å². The Morgan fingerprint density at radius 1 is 1.10 bits per heavy atom. The fourth-order valence-corrected chi connectivity index (χ4v) is 4.43. The molecule has 0 spiro atoms. The van der Waals surface area contributed by atoms with E-state index in [1.54, 1.807) is 31.5 Å². The highest BCUT2D eigenvalue weighted by atomic mass is 32.1. The van der Waals surface area contributed by atoms with Crippen LogP contribution in [0.4, 0.5) is 10.1 Å². The van der Waals surface area contributed by atoms with Crippen LogP contribution in [0, 0.1) is 5.82 Å². The van der Waals surface area contributed by atoms with Crippen LogP contribution < -0.4 is 9.64 Å². The summed E-state index contributed by atoms with van der Waals surface area (Å²) in [4.78, 5) is 22.0. The number of anilines is 1. The molecule has 0 unspecified atom stereocenters. The Morgan fingerprint density at radius 2 is 1.83 bits per heavy atom. The molecule has 0 N–H and O–H groups in total. The van der Waals surface area contributed by atoms with Gasteiger partial charge in [-0.3, -0.25) is 4.79 Å². The van der Waals surface area contributed by atoms with Crippen molar-refractivity contribution >= 4 is 22.9 Å². The van der Waals surface area contributed by atoms with Crippen LogP contribution in [0.1, 0.15) is 4.88 Å². The molecule has 4 rings (SSSR count). The van der Waals surface area contributed by atoms with Gasteiger partial charge >= 0.3 is 0 Å². The van der Waals surface area contributed by atoms with Crippen LogP contribution in [0.5, 0.6) is 5.75 Å². The molecule has 1 saturated heterocycles. The summed E-state index contributed by atoms with van der Waals surface area (Å²) in [5, 5.41) is 0.604. The van der Waals surface area contributed by atoms with Gasteiger partial charge in [0, 0.05) is 42.8 Å². The van der Waals surface area contributed by atoms with Crippen molar-refractivity contribution < 1.29 is 13.9 Å². The minimum atomic E-state index is -0.299. The van der Waals surface area contributed by atoms with E-state index in [2.05, 4.69) is 9.88 Å². The molecule has 0 bridgehead atoms. The molecule has 1 aliphatic heterocycles. The quantitative estimate of drug-likeness (QED) is 0.640. The predicted octanol–water partition coefficient (Wildman–Crippen LogP) is 3.85. The number of halogens is 1. The molecule has 0 atom stereocenters. The van der Waals surface area contributed by atoms with Crippen molar-refractivity contribution in [3.63, 3.8) is 0 Å². The number of benzene rings is 2. The number of nitrogens with zero attached hydrogens (tertiary/aromatic N) is 3. The molecule has 150 valence electrons. The summed E-state index contributed by atoms with van der Waals surface area (Å²) in [5.41, 5.74) is 1.53. The first-order valence-electron chi connectivity index (χ1n) is 9.51. The number of hydrogen-bond acceptors (Lipinski definition) is 5. The molecule has 2 aromatic carbocycles. The predicted molar refractivity (Wildman–Crippen MR) is 113 cm³/mol. The number of amides is 1. The third kappa shape index (κ3) is 4.24. The fraction of sp³-hybridized carbons (Fsp3) is 0.273. The van der Waals surface area contributed by atoms with Crippen LogP contribution in [0.3, 0.4) is 0 Å². The van der Waals surface area contributed by atoms with E-state index in [-0.39, 0.29) is 11.7 Å². The van der Waals surface area contributed by atoms with Crippen LogP contribution >= 0.6 is 11.3 Å². The van der Waals surface area contributed by atoms with E-state index in [0.717, 1.165) is 29.4 Å². The summed E-state index contributed by atoms with van der Waals surface area (Å²) in [7, 11) is 1.67. The maximum atomic E-state index is 13.9. The first kappa shape index (κ1) is 19.4. The largest absolute Gasteiger partial charge is 0.495 e. The van der Waals surface area contributed by atoms with Gasteiger partial charge in [0.15, 0.2) is 0 Å². The van der Waals surface area contributed by atoms with Crippen LogP contribution in [-0.2, 0) is 11.2 Å². The lowest BCUT2D eigenvalue weighted by molar-refractivity contribution is -0.130. The summed E-state index contributed by atoms with van der Waals surface area (Å²) in [6, 6.07) is 14.5. The zero-order chi connectivity index (χ0) is 20.2. The first-order chi connectivity index (χ1) is 14.2. The van der Waals surface area contributed by atoms with E-state index in [0.29, 0.717) is 30.1 Å². The van der Waals surface area contributed by atoms with Gasteiger partial charge in [0.2, 0.25) is 5.91 Å². The normalized spacial score (nSPS) is 14.1. The molecule has 29 heavy (non-hydrogen) atoms. The summed E-state index contributed by atoms with van der Waals surface area (Å²) in [5.74, 6) is 0.623. The average Bonchev–Trinajstić information content (AvgIpc) is 3.22. The van der Waals surface area contributed by atoms with E-state index < -0.39 is 0 Å². The number of hydrogen-bond donors (Lipinski definition) is 0. The van der Waals surface area contributed by atoms with Gasteiger partial charge in [-0.25, -0.2) is 9.37 Å². The Balaban J connectivity index is 1.37. The Kier molecular flexibility index (Phi) is 5.76. The standard InChI is InChI=1S/C22H22FN3O2S/c1-28-20-9-5-4-8-19(20)25-10-12-26(13-11-25)21(27)14-16-15-24-22(29-16)17-6-2-3-7-18(17)23/h2-9,15H,10-14H2,1H3. The smallest absolute Gasteiger partial charge is 0.228 e. The monoisotopic (exact) mass is 411 g/mol. The molecule has 1 fully saturated rings. The molecule has 0 aliphatic carbocycles. The molecule has 0 radical (unpaired) electrons. The molecular weight excluding hydrogens is 389 g/mol. The number of piperazine rings is 1. The van der Waals surface area contributed by atoms with Crippen LogP contribution in [0.25, 0.3) is 10.6 Å². The molecule has 5 nitrogen and oxygen atoms in total. The number of carbonyl (C=O) groups is 1. The first-order valence-corrected chi connectivity index (χ1v) is 10.3. The third-order valence-corrected chi connectivity index (χ3v) is 6.07. The Hall–Kier alpha value is -2.93. The van der Waals surface area contributed by atoms with E-state index >= 15 is 0 Å². The second-order valence-corrected chi connectivity index (χ2v) is 7.94. The van der Waals surface area contributed by atoms with E-state index in [4.69, 9.17) is 4.74 Å². The van der Waals surface area contributed by atoms with Crippen molar-refractivity contribution in [2.45, 2.75) is 6.42 Å². The van der Waals surface area contributed by atoms with Gasteiger partial charge in [-0.05, 0) is 24.3 Å². The van der Waals surface area contributed by atoms with Crippen LogP contribution in [0.2, 0.25) is 0 Å². The van der Waals surface area contributed by atoms with Gasteiger partial charge < -0.3 is 14.5 Å². The number of rotatable bonds is 5. The third-order valence-electron chi connectivity index (χ3n) is 5.04. The summed E-state index contributed by atoms with van der Waals surface area (Å²) < 4.78 is 19.4. The Morgan fingerprint density at radius 3 is 2.59 bits per heavy atom. The van der Waals surface area contributed by atoms with Crippen LogP contribution in [0.15, 0.2) is 54.7 Å². The van der Waals surface area contributed by atoms with Crippen molar-refractivity contribution in [3.05, 3.63) is 65.4 Å². The number of methoxy groups -OCH3 is 1. The lowest BCUT2D eigenvalue weighted by atomic mass is 10.2. The molecule has 2 heterocycles. The summed E-state index contributed by atoms with van der Waals surface area (Å²) >= 11 is 1.37. The molecule has 7 heteroatoms. The number of para-hydroxylation sites is 2. The van der Waals surface area contributed by atoms with Crippen LogP contribution in [-0.4, -0.2) is 49.1 Å². The Labute approximate surface area is 173 Å². The van der Waals surface area contributed by atoms with E-state index in [1.165, 1.54) is 17.4 Å². The minimum absolute atomic E-state index is 0.0772. The van der Waals surface area contributed by atoms with E-state index in [9.17, 15) is 9.18 Å². The molecule has 1 amide bonds. The Bertz CT molecular complexity index is 999. The molecular formula is C22H22FN3O2S. The fourth-order valence-electron chi connectivity index (χ4n) is 3.50. The lowest BCUT2D eigenvalue weighted by Crippen LogP contribution is -2.49. The average molecular weight is 412 g/mol. The van der Waals surface area contributed by atoms with Gasteiger partial charge in [-0.1, -0.05) is 24.3 Å². The molecule has 1 aliphatic rings. The number of ether oxygens (including phenoxy) is 1. The lowest BCUT2D eigenvalue weighted by Gasteiger charge is -2.36. The van der Waals surface area contributed by atoms with Crippen molar-refractivity contribution in [2.75, 3.05) is 38.2 Å². The molecule has 3 aromatic rings. The highest BCUT2D eigenvalue weighted by Gasteiger charge is 2.23. The SMILES string of the molecule is COc1ccccc1N1CCN(C(=O)Cc2cnc(-c3ccccc3F)s2)CC1. The second kappa shape index (κ2) is 8.61. The molecule has 1 aromatic heterocycles. The maximum absolute atomic E-state index is 13.9. The van der Waals surface area contributed by atoms with Gasteiger partial charge in [-0.15, -0.1) is 11.3 Å². The summed E-state index contributed by atoms with van der Waals surface area (Å²) in [6.07, 6.45) is 1.97. The van der Waals surface area contributed by atoms with Crippen molar-refractivity contribution in [1.82, 2.24) is 9.88 Å². The highest BCUT2D eigenvalue weighted by Crippen LogP contribution is 2.29. The van der Waals surface area contributed by atoms with Crippen molar-refractivity contribution in [1.29, 1.82) is 0 Å². The topological polar surface area (TPSA) is 45.7 Å².